The molecule has 0 saturated carbocycles. The monoisotopic (exact) mass is 283 g/mol. The average Bonchev–Trinajstić information content (AvgIpc) is 2.46. The van der Waals surface area contributed by atoms with Gasteiger partial charge in [0.25, 0.3) is 0 Å². The van der Waals surface area contributed by atoms with Gasteiger partial charge < -0.3 is 10.1 Å². The van der Waals surface area contributed by atoms with Crippen LogP contribution in [-0.4, -0.2) is 13.7 Å². The molecule has 1 unspecified atom stereocenters. The normalized spacial score (nSPS) is 12.2. The fourth-order valence-electron chi connectivity index (χ4n) is 2.68. The third kappa shape index (κ3) is 4.08. The van der Waals surface area contributed by atoms with E-state index in [9.17, 15) is 0 Å². The zero-order valence-electron chi connectivity index (χ0n) is 13.4. The van der Waals surface area contributed by atoms with Gasteiger partial charge in [0.05, 0.1) is 12.6 Å². The lowest BCUT2D eigenvalue weighted by atomic mass is 9.96. The molecule has 0 radical (unpaired) electrons. The molecule has 2 aromatic carbocycles. The van der Waals surface area contributed by atoms with E-state index in [4.69, 9.17) is 4.74 Å². The van der Waals surface area contributed by atoms with Gasteiger partial charge in [-0.2, -0.15) is 0 Å². The molecule has 2 heteroatoms. The molecule has 0 amide bonds. The van der Waals surface area contributed by atoms with Crippen molar-refractivity contribution in [3.8, 4) is 5.75 Å². The number of benzene rings is 2. The minimum absolute atomic E-state index is 0.212. The van der Waals surface area contributed by atoms with Gasteiger partial charge in [-0.25, -0.2) is 0 Å². The Morgan fingerprint density at radius 3 is 2.10 bits per heavy atom. The molecule has 0 aromatic heterocycles. The van der Waals surface area contributed by atoms with Gasteiger partial charge in [0, 0.05) is 0 Å². The summed E-state index contributed by atoms with van der Waals surface area (Å²) >= 11 is 0. The highest BCUT2D eigenvalue weighted by molar-refractivity contribution is 5.38. The Labute approximate surface area is 128 Å². The van der Waals surface area contributed by atoms with Gasteiger partial charge in [-0.15, -0.1) is 0 Å². The van der Waals surface area contributed by atoms with Crippen LogP contribution in [0.1, 0.15) is 41.6 Å². The Kier molecular flexibility index (Phi) is 5.40. The number of hydrogen-bond acceptors (Lipinski definition) is 2. The van der Waals surface area contributed by atoms with Crippen molar-refractivity contribution in [3.63, 3.8) is 0 Å². The quantitative estimate of drug-likeness (QED) is 0.848. The highest BCUT2D eigenvalue weighted by Gasteiger charge is 2.12. The molecule has 0 aliphatic heterocycles. The third-order valence-electron chi connectivity index (χ3n) is 3.55. The molecule has 0 spiro atoms. The van der Waals surface area contributed by atoms with E-state index >= 15 is 0 Å². The first-order valence-electron chi connectivity index (χ1n) is 7.62. The largest absolute Gasteiger partial charge is 0.494 e. The predicted octanol–water partition coefficient (Wildman–Crippen LogP) is 4.40. The van der Waals surface area contributed by atoms with E-state index in [0.717, 1.165) is 18.8 Å². The van der Waals surface area contributed by atoms with Crippen molar-refractivity contribution in [3.05, 3.63) is 64.7 Å². The minimum atomic E-state index is 0.212. The lowest BCUT2D eigenvalue weighted by Crippen LogP contribution is -2.17. The van der Waals surface area contributed by atoms with Crippen LogP contribution in [0.3, 0.4) is 0 Å². The molecule has 1 atom stereocenters. The fraction of sp³-hybridized carbons (Fsp3) is 0.368. The fourth-order valence-corrected chi connectivity index (χ4v) is 2.68. The van der Waals surface area contributed by atoms with Crippen LogP contribution in [0.4, 0.5) is 0 Å². The molecule has 1 N–H and O–H groups in total. The second kappa shape index (κ2) is 7.28. The standard InChI is InChI=1S/C19H25NO/c1-5-10-21-18-8-6-16(7-9-18)19(20-4)17-12-14(2)11-15(3)13-17/h6-9,11-13,19-20H,5,10H2,1-4H3. The molecule has 0 bridgehead atoms. The number of rotatable bonds is 6. The van der Waals surface area contributed by atoms with Crippen LogP contribution in [0, 0.1) is 13.8 Å². The summed E-state index contributed by atoms with van der Waals surface area (Å²) in [7, 11) is 2.00. The van der Waals surface area contributed by atoms with Crippen LogP contribution < -0.4 is 10.1 Å². The first-order chi connectivity index (χ1) is 10.1. The van der Waals surface area contributed by atoms with E-state index in [1.165, 1.54) is 22.3 Å². The summed E-state index contributed by atoms with van der Waals surface area (Å²) in [6.45, 7) is 7.17. The van der Waals surface area contributed by atoms with Gasteiger partial charge >= 0.3 is 0 Å². The maximum atomic E-state index is 5.65. The van der Waals surface area contributed by atoms with Crippen molar-refractivity contribution in [2.24, 2.45) is 0 Å². The topological polar surface area (TPSA) is 21.3 Å². The van der Waals surface area contributed by atoms with Crippen molar-refractivity contribution in [2.75, 3.05) is 13.7 Å². The van der Waals surface area contributed by atoms with Crippen LogP contribution >= 0.6 is 0 Å². The lowest BCUT2D eigenvalue weighted by Gasteiger charge is -2.19. The van der Waals surface area contributed by atoms with E-state index in [2.05, 4.69) is 68.6 Å². The molecule has 0 aliphatic carbocycles. The van der Waals surface area contributed by atoms with E-state index in [1.54, 1.807) is 0 Å². The van der Waals surface area contributed by atoms with Crippen molar-refractivity contribution in [1.82, 2.24) is 5.32 Å². The molecule has 0 saturated heterocycles. The zero-order chi connectivity index (χ0) is 15.2. The van der Waals surface area contributed by atoms with Crippen molar-refractivity contribution in [1.29, 1.82) is 0 Å². The number of aryl methyl sites for hydroxylation is 2. The van der Waals surface area contributed by atoms with Gasteiger partial charge in [-0.1, -0.05) is 48.4 Å². The summed E-state index contributed by atoms with van der Waals surface area (Å²) in [5, 5.41) is 3.41. The summed E-state index contributed by atoms with van der Waals surface area (Å²) in [5.74, 6) is 0.941. The molecular weight excluding hydrogens is 258 g/mol. The Bertz CT molecular complexity index is 554. The highest BCUT2D eigenvalue weighted by atomic mass is 16.5. The maximum Gasteiger partial charge on any atom is 0.119 e. The number of nitrogens with one attached hydrogen (secondary N) is 1. The van der Waals surface area contributed by atoms with Crippen LogP contribution in [0.15, 0.2) is 42.5 Å². The maximum absolute atomic E-state index is 5.65. The van der Waals surface area contributed by atoms with Gasteiger partial charge in [0.15, 0.2) is 0 Å². The zero-order valence-corrected chi connectivity index (χ0v) is 13.4. The molecule has 0 fully saturated rings. The predicted molar refractivity (Wildman–Crippen MR) is 89.0 cm³/mol. The Morgan fingerprint density at radius 2 is 1.57 bits per heavy atom. The summed E-state index contributed by atoms with van der Waals surface area (Å²) in [4.78, 5) is 0. The van der Waals surface area contributed by atoms with Gasteiger partial charge in [0.2, 0.25) is 0 Å². The highest BCUT2D eigenvalue weighted by Crippen LogP contribution is 2.25. The van der Waals surface area contributed by atoms with Crippen molar-refractivity contribution >= 4 is 0 Å². The van der Waals surface area contributed by atoms with Gasteiger partial charge in [0.1, 0.15) is 5.75 Å². The first-order valence-corrected chi connectivity index (χ1v) is 7.62. The van der Waals surface area contributed by atoms with E-state index < -0.39 is 0 Å². The summed E-state index contributed by atoms with van der Waals surface area (Å²) in [5.41, 5.74) is 5.16. The summed E-state index contributed by atoms with van der Waals surface area (Å²) < 4.78 is 5.65. The van der Waals surface area contributed by atoms with Gasteiger partial charge in [-0.3, -0.25) is 0 Å². The summed E-state index contributed by atoms with van der Waals surface area (Å²) in [6.07, 6.45) is 1.03. The Morgan fingerprint density at radius 1 is 0.952 bits per heavy atom. The Balaban J connectivity index is 2.24. The summed E-state index contributed by atoms with van der Waals surface area (Å²) in [6, 6.07) is 15.3. The molecule has 2 nitrogen and oxygen atoms in total. The van der Waals surface area contributed by atoms with E-state index in [-0.39, 0.29) is 6.04 Å². The van der Waals surface area contributed by atoms with E-state index in [0.29, 0.717) is 0 Å². The molecule has 21 heavy (non-hydrogen) atoms. The number of hydrogen-bond donors (Lipinski definition) is 1. The minimum Gasteiger partial charge on any atom is -0.494 e. The third-order valence-corrected chi connectivity index (χ3v) is 3.55. The second-order valence-electron chi connectivity index (χ2n) is 5.56. The van der Waals surface area contributed by atoms with Crippen LogP contribution in [0.5, 0.6) is 5.75 Å². The lowest BCUT2D eigenvalue weighted by molar-refractivity contribution is 0.317. The van der Waals surface area contributed by atoms with Crippen molar-refractivity contribution < 1.29 is 4.74 Å². The first kappa shape index (κ1) is 15.6. The average molecular weight is 283 g/mol. The molecule has 0 aliphatic rings. The van der Waals surface area contributed by atoms with Crippen LogP contribution in [-0.2, 0) is 0 Å². The molecular formula is C19H25NO. The SMILES string of the molecule is CCCOc1ccc(C(NC)c2cc(C)cc(C)c2)cc1. The number of ether oxygens (including phenoxy) is 1. The van der Waals surface area contributed by atoms with E-state index in [1.807, 2.05) is 7.05 Å². The van der Waals surface area contributed by atoms with Crippen molar-refractivity contribution in [2.45, 2.75) is 33.2 Å². The molecule has 2 rings (SSSR count). The Hall–Kier alpha value is -1.80. The molecule has 2 aromatic rings. The molecule has 112 valence electrons. The second-order valence-corrected chi connectivity index (χ2v) is 5.56. The smallest absolute Gasteiger partial charge is 0.119 e. The van der Waals surface area contributed by atoms with Crippen LogP contribution in [0.2, 0.25) is 0 Å². The van der Waals surface area contributed by atoms with Gasteiger partial charge in [-0.05, 0) is 50.6 Å². The molecule has 0 heterocycles. The van der Waals surface area contributed by atoms with Crippen LogP contribution in [0.25, 0.3) is 0 Å².